The quantitative estimate of drug-likeness (QED) is 0.744. The molecule has 1 atom stereocenters. The lowest BCUT2D eigenvalue weighted by molar-refractivity contribution is -0.117. The summed E-state index contributed by atoms with van der Waals surface area (Å²) in [6.07, 6.45) is 4.54. The molecule has 1 fully saturated rings. The van der Waals surface area contributed by atoms with Gasteiger partial charge in [0.15, 0.2) is 0 Å². The summed E-state index contributed by atoms with van der Waals surface area (Å²) in [5.74, 6) is 1.59. The molecule has 1 amide bonds. The number of hydrogen-bond acceptors (Lipinski definition) is 4. The van der Waals surface area contributed by atoms with Crippen LogP contribution in [-0.4, -0.2) is 24.0 Å². The Morgan fingerprint density at radius 2 is 2.15 bits per heavy atom. The molecule has 3 rings (SSSR count). The van der Waals surface area contributed by atoms with Crippen LogP contribution in [0.4, 0.5) is 5.69 Å². The first-order chi connectivity index (χ1) is 13.1. The van der Waals surface area contributed by atoms with Gasteiger partial charge in [-0.15, -0.1) is 0 Å². The van der Waals surface area contributed by atoms with Crippen molar-refractivity contribution in [3.8, 4) is 5.75 Å². The lowest BCUT2D eigenvalue weighted by Gasteiger charge is -2.27. The molecule has 0 bridgehead atoms. The van der Waals surface area contributed by atoms with Gasteiger partial charge in [-0.05, 0) is 68.1 Å². The zero-order valence-corrected chi connectivity index (χ0v) is 16.3. The predicted molar refractivity (Wildman–Crippen MR) is 108 cm³/mol. The summed E-state index contributed by atoms with van der Waals surface area (Å²) in [4.78, 5) is 16.6. The third-order valence-electron chi connectivity index (χ3n) is 5.01. The van der Waals surface area contributed by atoms with Crippen molar-refractivity contribution in [2.45, 2.75) is 32.8 Å². The minimum Gasteiger partial charge on any atom is -0.486 e. The van der Waals surface area contributed by atoms with Crippen LogP contribution in [0.2, 0.25) is 5.02 Å². The number of rotatable bonds is 7. The van der Waals surface area contributed by atoms with E-state index in [9.17, 15) is 4.79 Å². The summed E-state index contributed by atoms with van der Waals surface area (Å²) < 4.78 is 5.71. The first-order valence-electron chi connectivity index (χ1n) is 9.44. The Labute approximate surface area is 165 Å². The lowest BCUT2D eigenvalue weighted by Crippen LogP contribution is -2.32. The maximum Gasteiger partial charge on any atom is 0.224 e. The van der Waals surface area contributed by atoms with Gasteiger partial charge in [-0.2, -0.15) is 0 Å². The Bertz CT molecular complexity index is 748. The van der Waals surface area contributed by atoms with Crippen molar-refractivity contribution in [1.82, 2.24) is 10.3 Å². The normalized spacial score (nSPS) is 15.9. The largest absolute Gasteiger partial charge is 0.486 e. The van der Waals surface area contributed by atoms with Gasteiger partial charge in [0.1, 0.15) is 12.4 Å². The standard InChI is InChI=1S/C21H26ClN3O2/c1-15(16-7-10-23-11-8-16)12-21(26)25-17-5-6-20(19(22)13-17)27-14-18-4-2-3-9-24-18/h2-6,9,13,15-16,23H,7-8,10-12,14H2,1H3,(H,25,26). The van der Waals surface area contributed by atoms with E-state index in [0.717, 1.165) is 31.6 Å². The molecule has 1 saturated heterocycles. The molecule has 6 heteroatoms. The second-order valence-corrected chi connectivity index (χ2v) is 7.48. The number of pyridine rings is 1. The minimum atomic E-state index is 0.0271. The number of anilines is 1. The molecular formula is C21H26ClN3O2. The van der Waals surface area contributed by atoms with Crippen LogP contribution < -0.4 is 15.4 Å². The highest BCUT2D eigenvalue weighted by Gasteiger charge is 2.22. The molecule has 0 saturated carbocycles. The maximum atomic E-state index is 12.4. The molecule has 1 unspecified atom stereocenters. The highest BCUT2D eigenvalue weighted by atomic mass is 35.5. The number of piperidine rings is 1. The number of ether oxygens (including phenoxy) is 1. The fourth-order valence-electron chi connectivity index (χ4n) is 3.42. The van der Waals surface area contributed by atoms with E-state index < -0.39 is 0 Å². The van der Waals surface area contributed by atoms with Crippen LogP contribution in [0, 0.1) is 11.8 Å². The van der Waals surface area contributed by atoms with Crippen molar-refractivity contribution in [2.24, 2.45) is 11.8 Å². The number of carbonyl (C=O) groups excluding carboxylic acids is 1. The Kier molecular flexibility index (Phi) is 7.07. The van der Waals surface area contributed by atoms with E-state index in [2.05, 4.69) is 22.5 Å². The van der Waals surface area contributed by atoms with Crippen LogP contribution in [0.25, 0.3) is 0 Å². The zero-order chi connectivity index (χ0) is 19.1. The molecule has 1 aliphatic heterocycles. The molecule has 1 aliphatic rings. The Morgan fingerprint density at radius 3 is 2.85 bits per heavy atom. The van der Waals surface area contributed by atoms with E-state index in [0.29, 0.717) is 41.3 Å². The number of nitrogens with one attached hydrogen (secondary N) is 2. The van der Waals surface area contributed by atoms with Crippen molar-refractivity contribution in [3.63, 3.8) is 0 Å². The number of carbonyl (C=O) groups is 1. The van der Waals surface area contributed by atoms with Gasteiger partial charge in [0, 0.05) is 18.3 Å². The molecule has 144 valence electrons. The fraction of sp³-hybridized carbons (Fsp3) is 0.429. The van der Waals surface area contributed by atoms with Crippen LogP contribution in [-0.2, 0) is 11.4 Å². The number of aromatic nitrogens is 1. The predicted octanol–water partition coefficient (Wildman–Crippen LogP) is 4.28. The first kappa shape index (κ1) is 19.6. The van der Waals surface area contributed by atoms with Gasteiger partial charge >= 0.3 is 0 Å². The maximum absolute atomic E-state index is 12.4. The average molecular weight is 388 g/mol. The van der Waals surface area contributed by atoms with Gasteiger partial charge in [0.25, 0.3) is 0 Å². The molecule has 1 aromatic carbocycles. The number of halogens is 1. The van der Waals surface area contributed by atoms with Gasteiger partial charge < -0.3 is 15.4 Å². The number of nitrogens with zero attached hydrogens (tertiary/aromatic N) is 1. The van der Waals surface area contributed by atoms with Crippen molar-refractivity contribution in [1.29, 1.82) is 0 Å². The Hall–Kier alpha value is -2.11. The monoisotopic (exact) mass is 387 g/mol. The van der Waals surface area contributed by atoms with Crippen LogP contribution >= 0.6 is 11.6 Å². The molecule has 2 heterocycles. The average Bonchev–Trinajstić information content (AvgIpc) is 2.68. The summed E-state index contributed by atoms with van der Waals surface area (Å²) in [5.41, 5.74) is 1.52. The van der Waals surface area contributed by atoms with Crippen LogP contribution in [0.5, 0.6) is 5.75 Å². The van der Waals surface area contributed by atoms with Crippen LogP contribution in [0.1, 0.15) is 31.9 Å². The highest BCUT2D eigenvalue weighted by molar-refractivity contribution is 6.32. The van der Waals surface area contributed by atoms with E-state index in [-0.39, 0.29) is 5.91 Å². The summed E-state index contributed by atoms with van der Waals surface area (Å²) in [6, 6.07) is 11.0. The third kappa shape index (κ3) is 5.94. The van der Waals surface area contributed by atoms with Crippen LogP contribution in [0.15, 0.2) is 42.6 Å². The van der Waals surface area contributed by atoms with E-state index in [1.165, 1.54) is 0 Å². The molecule has 0 radical (unpaired) electrons. The first-order valence-corrected chi connectivity index (χ1v) is 9.82. The molecular weight excluding hydrogens is 362 g/mol. The number of hydrogen-bond donors (Lipinski definition) is 2. The van der Waals surface area contributed by atoms with E-state index in [1.807, 2.05) is 24.3 Å². The second-order valence-electron chi connectivity index (χ2n) is 7.07. The lowest BCUT2D eigenvalue weighted by atomic mass is 9.84. The van der Waals surface area contributed by atoms with Gasteiger partial charge in [-0.1, -0.05) is 24.6 Å². The van der Waals surface area contributed by atoms with Gasteiger partial charge in [0.05, 0.1) is 10.7 Å². The molecule has 0 aliphatic carbocycles. The van der Waals surface area contributed by atoms with Crippen molar-refractivity contribution >= 4 is 23.2 Å². The van der Waals surface area contributed by atoms with Crippen molar-refractivity contribution in [2.75, 3.05) is 18.4 Å². The second kappa shape index (κ2) is 9.72. The smallest absolute Gasteiger partial charge is 0.224 e. The summed E-state index contributed by atoms with van der Waals surface area (Å²) in [7, 11) is 0. The Morgan fingerprint density at radius 1 is 1.33 bits per heavy atom. The third-order valence-corrected chi connectivity index (χ3v) is 5.31. The number of amides is 1. The molecule has 2 aromatic rings. The van der Waals surface area contributed by atoms with Crippen LogP contribution in [0.3, 0.4) is 0 Å². The SMILES string of the molecule is CC(CC(=O)Nc1ccc(OCc2ccccn2)c(Cl)c1)C1CCNCC1. The molecule has 0 spiro atoms. The van der Waals surface area contributed by atoms with Crippen molar-refractivity contribution < 1.29 is 9.53 Å². The summed E-state index contributed by atoms with van der Waals surface area (Å²) >= 11 is 6.30. The fourth-order valence-corrected chi connectivity index (χ4v) is 3.65. The van der Waals surface area contributed by atoms with Gasteiger partial charge in [-0.25, -0.2) is 0 Å². The minimum absolute atomic E-state index is 0.0271. The molecule has 5 nitrogen and oxygen atoms in total. The number of benzene rings is 1. The summed E-state index contributed by atoms with van der Waals surface area (Å²) in [6.45, 7) is 4.61. The topological polar surface area (TPSA) is 63.2 Å². The van der Waals surface area contributed by atoms with Gasteiger partial charge in [-0.3, -0.25) is 9.78 Å². The molecule has 2 N–H and O–H groups in total. The zero-order valence-electron chi connectivity index (χ0n) is 15.6. The van der Waals surface area contributed by atoms with E-state index >= 15 is 0 Å². The highest BCUT2D eigenvalue weighted by Crippen LogP contribution is 2.29. The Balaban J connectivity index is 1.51. The van der Waals surface area contributed by atoms with Gasteiger partial charge in [0.2, 0.25) is 5.91 Å². The van der Waals surface area contributed by atoms with E-state index in [1.54, 1.807) is 18.3 Å². The van der Waals surface area contributed by atoms with E-state index in [4.69, 9.17) is 16.3 Å². The van der Waals surface area contributed by atoms with Crippen molar-refractivity contribution in [3.05, 3.63) is 53.3 Å². The summed E-state index contributed by atoms with van der Waals surface area (Å²) in [5, 5.41) is 6.78. The molecule has 27 heavy (non-hydrogen) atoms. The molecule has 1 aromatic heterocycles.